The number of aromatic nitrogens is 3. The zero-order valence-corrected chi connectivity index (χ0v) is 21.6. The molecule has 3 heterocycles. The fourth-order valence-electron chi connectivity index (χ4n) is 4.31. The first kappa shape index (κ1) is 26.5. The maximum absolute atomic E-state index is 12.8. The molecule has 1 saturated heterocycles. The predicted molar refractivity (Wildman–Crippen MR) is 137 cm³/mol. The molecule has 0 spiro atoms. The molecule has 2 aromatic carbocycles. The highest BCUT2D eigenvalue weighted by molar-refractivity contribution is 7.18. The lowest BCUT2D eigenvalue weighted by molar-refractivity contribution is -0.137. The number of alkyl halides is 3. The summed E-state index contributed by atoms with van der Waals surface area (Å²) in [7, 11) is 0. The second-order valence-electron chi connectivity index (χ2n) is 9.22. The van der Waals surface area contributed by atoms with Gasteiger partial charge in [0, 0.05) is 44.4 Å². The number of fused-ring (bicyclic) bond motifs is 1. The third kappa shape index (κ3) is 6.49. The molecule has 202 valence electrons. The lowest BCUT2D eigenvalue weighted by Crippen LogP contribution is -2.48. The van der Waals surface area contributed by atoms with Crippen molar-refractivity contribution < 1.29 is 27.5 Å². The number of nitrogens with zero attached hydrogens (tertiary/aromatic N) is 5. The largest absolute Gasteiger partial charge is 0.491 e. The Morgan fingerprint density at radius 3 is 2.50 bits per heavy atom. The number of piperazine rings is 1. The van der Waals surface area contributed by atoms with Crippen molar-refractivity contribution in [2.45, 2.75) is 32.2 Å². The summed E-state index contributed by atoms with van der Waals surface area (Å²) in [4.78, 5) is 13.3. The van der Waals surface area contributed by atoms with Crippen LogP contribution in [0, 0.1) is 0 Å². The van der Waals surface area contributed by atoms with Crippen LogP contribution in [0.5, 0.6) is 5.75 Å². The molecule has 1 aliphatic rings. The molecule has 8 nitrogen and oxygen atoms in total. The van der Waals surface area contributed by atoms with Gasteiger partial charge in [-0.3, -0.25) is 9.80 Å². The van der Waals surface area contributed by atoms with Crippen molar-refractivity contribution in [1.29, 1.82) is 0 Å². The van der Waals surface area contributed by atoms with Gasteiger partial charge in [0.05, 0.1) is 27.3 Å². The van der Waals surface area contributed by atoms with Crippen LogP contribution in [0.25, 0.3) is 21.7 Å². The second kappa shape index (κ2) is 11.4. The van der Waals surface area contributed by atoms with Crippen molar-refractivity contribution in [3.8, 4) is 17.2 Å². The van der Waals surface area contributed by atoms with Gasteiger partial charge in [0.1, 0.15) is 18.5 Å². The average molecular weight is 548 g/mol. The van der Waals surface area contributed by atoms with E-state index in [4.69, 9.17) is 9.26 Å². The van der Waals surface area contributed by atoms with Crippen LogP contribution >= 0.6 is 11.3 Å². The first-order chi connectivity index (χ1) is 18.3. The summed E-state index contributed by atoms with van der Waals surface area (Å²) in [6, 6.07) is 10.5. The van der Waals surface area contributed by atoms with Gasteiger partial charge in [0.2, 0.25) is 0 Å². The third-order valence-corrected chi connectivity index (χ3v) is 7.56. The molecule has 1 N–H and O–H groups in total. The molecule has 0 saturated carbocycles. The highest BCUT2D eigenvalue weighted by Crippen LogP contribution is 2.31. The Morgan fingerprint density at radius 1 is 1.05 bits per heavy atom. The molecule has 1 fully saturated rings. The number of hydrogen-bond donors (Lipinski definition) is 1. The van der Waals surface area contributed by atoms with Gasteiger partial charge >= 0.3 is 6.18 Å². The Balaban J connectivity index is 1.05. The van der Waals surface area contributed by atoms with Crippen molar-refractivity contribution in [2.24, 2.45) is 0 Å². The molecule has 12 heteroatoms. The molecule has 0 unspecified atom stereocenters. The van der Waals surface area contributed by atoms with E-state index in [9.17, 15) is 18.3 Å². The van der Waals surface area contributed by atoms with Crippen molar-refractivity contribution in [1.82, 2.24) is 24.9 Å². The van der Waals surface area contributed by atoms with E-state index in [-0.39, 0.29) is 12.5 Å². The van der Waals surface area contributed by atoms with Crippen molar-refractivity contribution in [3.05, 3.63) is 58.9 Å². The van der Waals surface area contributed by atoms with Gasteiger partial charge in [-0.05, 0) is 42.8 Å². The number of ether oxygens (including phenoxy) is 1. The number of thiazole rings is 1. The fraction of sp³-hybridized carbons (Fsp3) is 0.423. The van der Waals surface area contributed by atoms with Crippen LogP contribution in [0.15, 0.2) is 47.0 Å². The van der Waals surface area contributed by atoms with E-state index in [0.717, 1.165) is 60.0 Å². The number of hydrogen-bond acceptors (Lipinski definition) is 9. The van der Waals surface area contributed by atoms with Crippen molar-refractivity contribution in [3.63, 3.8) is 0 Å². The number of halogens is 3. The summed E-state index contributed by atoms with van der Waals surface area (Å²) in [6.45, 7) is 6.33. The number of benzene rings is 2. The molecule has 0 amide bonds. The summed E-state index contributed by atoms with van der Waals surface area (Å²) >= 11 is 1.68. The standard InChI is InChI=1S/C26H28F3N5O3S/c1-2-24-30-21-13-20(7-8-22(21)38-24)36-16-19(35)14-33-9-11-34(12-10-33)15-23-31-25(37-32-23)17-3-5-18(6-4-17)26(27,28)29/h3-8,13,19,35H,2,9-12,14-16H2,1H3/t19-/m1/s1. The SMILES string of the molecule is CCc1nc2cc(OC[C@H](O)CN3CCN(Cc4noc(-c5ccc(C(F)(F)F)cc5)n4)CC3)ccc2s1. The first-order valence-corrected chi connectivity index (χ1v) is 13.2. The van der Waals surface area contributed by atoms with Gasteiger partial charge in [-0.15, -0.1) is 11.3 Å². The van der Waals surface area contributed by atoms with Gasteiger partial charge in [-0.25, -0.2) is 4.98 Å². The lowest BCUT2D eigenvalue weighted by atomic mass is 10.1. The van der Waals surface area contributed by atoms with Crippen LogP contribution in [0.3, 0.4) is 0 Å². The van der Waals surface area contributed by atoms with Gasteiger partial charge in [-0.1, -0.05) is 12.1 Å². The molecular formula is C26H28F3N5O3S. The van der Waals surface area contributed by atoms with Crippen molar-refractivity contribution in [2.75, 3.05) is 39.3 Å². The quantitative estimate of drug-likeness (QED) is 0.328. The highest BCUT2D eigenvalue weighted by atomic mass is 32.1. The smallest absolute Gasteiger partial charge is 0.416 e. The highest BCUT2D eigenvalue weighted by Gasteiger charge is 2.30. The van der Waals surface area contributed by atoms with E-state index >= 15 is 0 Å². The van der Waals surface area contributed by atoms with E-state index in [1.807, 2.05) is 18.2 Å². The van der Waals surface area contributed by atoms with Crippen LogP contribution < -0.4 is 4.74 Å². The molecule has 5 rings (SSSR count). The zero-order valence-electron chi connectivity index (χ0n) is 20.8. The maximum Gasteiger partial charge on any atom is 0.416 e. The molecule has 0 radical (unpaired) electrons. The normalized spacial score (nSPS) is 16.2. The van der Waals surface area contributed by atoms with Crippen LogP contribution in [0.1, 0.15) is 23.3 Å². The van der Waals surface area contributed by atoms with Crippen LogP contribution in [0.4, 0.5) is 13.2 Å². The minimum atomic E-state index is -4.39. The maximum atomic E-state index is 12.8. The molecular weight excluding hydrogens is 519 g/mol. The van der Waals surface area contributed by atoms with E-state index in [1.165, 1.54) is 12.1 Å². The van der Waals surface area contributed by atoms with E-state index < -0.39 is 17.8 Å². The molecule has 2 aromatic heterocycles. The molecule has 4 aromatic rings. The van der Waals surface area contributed by atoms with Crippen LogP contribution in [-0.4, -0.2) is 75.5 Å². The Morgan fingerprint density at radius 2 is 1.79 bits per heavy atom. The van der Waals surface area contributed by atoms with Gasteiger partial charge in [0.15, 0.2) is 5.82 Å². The molecule has 1 atom stereocenters. The van der Waals surface area contributed by atoms with Gasteiger partial charge < -0.3 is 14.4 Å². The Bertz CT molecular complexity index is 1350. The Hall–Kier alpha value is -3.06. The summed E-state index contributed by atoms with van der Waals surface area (Å²) in [6.07, 6.45) is -4.11. The second-order valence-corrected chi connectivity index (χ2v) is 10.3. The van der Waals surface area contributed by atoms with Gasteiger partial charge in [-0.2, -0.15) is 18.2 Å². The number of aryl methyl sites for hydroxylation is 1. The molecule has 0 bridgehead atoms. The minimum Gasteiger partial charge on any atom is -0.491 e. The summed E-state index contributed by atoms with van der Waals surface area (Å²) < 4.78 is 50.5. The topological polar surface area (TPSA) is 87.8 Å². The number of rotatable bonds is 9. The van der Waals surface area contributed by atoms with E-state index in [0.29, 0.717) is 30.2 Å². The third-order valence-electron chi connectivity index (χ3n) is 6.37. The monoisotopic (exact) mass is 547 g/mol. The summed E-state index contributed by atoms with van der Waals surface area (Å²) in [5.41, 5.74) is 0.635. The van der Waals surface area contributed by atoms with Crippen LogP contribution in [0.2, 0.25) is 0 Å². The summed E-state index contributed by atoms with van der Waals surface area (Å²) in [5.74, 6) is 1.37. The first-order valence-electron chi connectivity index (χ1n) is 12.4. The van der Waals surface area contributed by atoms with Crippen molar-refractivity contribution >= 4 is 21.6 Å². The zero-order chi connectivity index (χ0) is 26.7. The summed E-state index contributed by atoms with van der Waals surface area (Å²) in [5, 5.41) is 15.6. The Kier molecular flexibility index (Phi) is 7.93. The number of β-amino-alcohol motifs (C(OH)–C–C–N with tert-alkyl or cyclic N) is 1. The predicted octanol–water partition coefficient (Wildman–Crippen LogP) is 4.49. The van der Waals surface area contributed by atoms with E-state index in [1.54, 1.807) is 11.3 Å². The number of aliphatic hydroxyl groups excluding tert-OH is 1. The molecule has 1 aliphatic heterocycles. The average Bonchev–Trinajstić information content (AvgIpc) is 3.55. The fourth-order valence-corrected chi connectivity index (χ4v) is 5.19. The lowest BCUT2D eigenvalue weighted by Gasteiger charge is -2.34. The van der Waals surface area contributed by atoms with Crippen LogP contribution in [-0.2, 0) is 19.1 Å². The molecule has 0 aliphatic carbocycles. The molecule has 38 heavy (non-hydrogen) atoms. The minimum absolute atomic E-state index is 0.190. The van der Waals surface area contributed by atoms with Gasteiger partial charge in [0.25, 0.3) is 5.89 Å². The Labute approximate surface area is 221 Å². The van der Waals surface area contributed by atoms with E-state index in [2.05, 4.69) is 31.8 Å². The number of aliphatic hydroxyl groups is 1.